The Labute approximate surface area is 109 Å². The molecule has 0 fully saturated rings. The molecule has 0 spiro atoms. The van der Waals surface area contributed by atoms with E-state index >= 15 is 0 Å². The van der Waals surface area contributed by atoms with Gasteiger partial charge in [-0.3, -0.25) is 4.79 Å². The first-order valence-electron chi connectivity index (χ1n) is 6.34. The fourth-order valence-electron chi connectivity index (χ4n) is 1.47. The minimum Gasteiger partial charge on any atom is -0.426 e. The van der Waals surface area contributed by atoms with Crippen LogP contribution in [0.1, 0.15) is 31.4 Å². The molecule has 0 aliphatic rings. The van der Waals surface area contributed by atoms with Crippen LogP contribution in [0.4, 0.5) is 0 Å². The maximum atomic E-state index is 11.6. The van der Waals surface area contributed by atoms with Crippen LogP contribution in [-0.2, 0) is 9.53 Å². The highest BCUT2D eigenvalue weighted by atomic mass is 16.5. The van der Waals surface area contributed by atoms with Gasteiger partial charge in [0.15, 0.2) is 0 Å². The lowest BCUT2D eigenvalue weighted by Crippen LogP contribution is -2.13. The van der Waals surface area contributed by atoms with Gasteiger partial charge in [-0.25, -0.2) is 0 Å². The molecule has 0 saturated heterocycles. The fourth-order valence-corrected chi connectivity index (χ4v) is 1.47. The maximum Gasteiger partial charge on any atom is 0.313 e. The van der Waals surface area contributed by atoms with Crippen LogP contribution in [0, 0.1) is 19.8 Å². The van der Waals surface area contributed by atoms with Crippen molar-refractivity contribution in [1.82, 2.24) is 0 Å². The van der Waals surface area contributed by atoms with Gasteiger partial charge >= 0.3 is 5.97 Å². The second kappa shape index (κ2) is 7.17. The van der Waals surface area contributed by atoms with Crippen LogP contribution in [0.2, 0.25) is 0 Å². The predicted molar refractivity (Wildman–Crippen MR) is 71.8 cm³/mol. The van der Waals surface area contributed by atoms with Gasteiger partial charge in [0.25, 0.3) is 0 Å². The first-order valence-corrected chi connectivity index (χ1v) is 6.34. The summed E-state index contributed by atoms with van der Waals surface area (Å²) >= 11 is 0. The lowest BCUT2D eigenvalue weighted by Gasteiger charge is -2.09. The number of carbonyl (C=O) groups excluding carboxylic acids is 1. The molecule has 1 aromatic rings. The smallest absolute Gasteiger partial charge is 0.313 e. The van der Waals surface area contributed by atoms with Crippen LogP contribution in [-0.4, -0.2) is 19.2 Å². The normalized spacial score (nSPS) is 10.7. The fraction of sp³-hybridized carbons (Fsp3) is 0.533. The summed E-state index contributed by atoms with van der Waals surface area (Å²) in [5.74, 6) is 0.886. The standard InChI is InChI=1S/C15H22O3/c1-11(2)10-17-8-7-15(16)18-14-9-12(3)5-6-13(14)4/h5-6,9,11H,7-8,10H2,1-4H3. The quantitative estimate of drug-likeness (QED) is 0.441. The average molecular weight is 250 g/mol. The number of rotatable bonds is 6. The number of ether oxygens (including phenoxy) is 2. The van der Waals surface area contributed by atoms with E-state index < -0.39 is 0 Å². The molecule has 0 radical (unpaired) electrons. The van der Waals surface area contributed by atoms with Crippen molar-refractivity contribution in [3.8, 4) is 5.75 Å². The van der Waals surface area contributed by atoms with E-state index in [1.807, 2.05) is 32.0 Å². The Morgan fingerprint density at radius 1 is 1.28 bits per heavy atom. The van der Waals surface area contributed by atoms with Crippen molar-refractivity contribution in [3.63, 3.8) is 0 Å². The van der Waals surface area contributed by atoms with E-state index in [0.29, 0.717) is 31.3 Å². The molecule has 0 atom stereocenters. The molecule has 0 amide bonds. The van der Waals surface area contributed by atoms with Crippen LogP contribution >= 0.6 is 0 Å². The lowest BCUT2D eigenvalue weighted by molar-refractivity contribution is -0.135. The number of hydrogen-bond acceptors (Lipinski definition) is 3. The molecule has 1 aromatic carbocycles. The molecule has 0 unspecified atom stereocenters. The van der Waals surface area contributed by atoms with Crippen LogP contribution in [0.25, 0.3) is 0 Å². The summed E-state index contributed by atoms with van der Waals surface area (Å²) in [7, 11) is 0. The highest BCUT2D eigenvalue weighted by molar-refractivity contribution is 5.72. The van der Waals surface area contributed by atoms with E-state index in [2.05, 4.69) is 13.8 Å². The number of aryl methyl sites for hydroxylation is 2. The molecule has 0 N–H and O–H groups in total. The van der Waals surface area contributed by atoms with E-state index in [4.69, 9.17) is 9.47 Å². The van der Waals surface area contributed by atoms with E-state index in [9.17, 15) is 4.79 Å². The maximum absolute atomic E-state index is 11.6. The van der Waals surface area contributed by atoms with E-state index in [0.717, 1.165) is 11.1 Å². The molecule has 18 heavy (non-hydrogen) atoms. The van der Waals surface area contributed by atoms with Gasteiger partial charge in [0.2, 0.25) is 0 Å². The third-order valence-corrected chi connectivity index (χ3v) is 2.47. The molecular weight excluding hydrogens is 228 g/mol. The predicted octanol–water partition coefficient (Wildman–Crippen LogP) is 3.27. The van der Waals surface area contributed by atoms with Crippen molar-refractivity contribution in [2.24, 2.45) is 5.92 Å². The molecule has 0 aromatic heterocycles. The molecule has 0 heterocycles. The van der Waals surface area contributed by atoms with Crippen molar-refractivity contribution >= 4 is 5.97 Å². The van der Waals surface area contributed by atoms with Gasteiger partial charge in [-0.2, -0.15) is 0 Å². The highest BCUT2D eigenvalue weighted by Gasteiger charge is 2.07. The molecule has 0 bridgehead atoms. The van der Waals surface area contributed by atoms with Crippen LogP contribution < -0.4 is 4.74 Å². The second-order valence-corrected chi connectivity index (χ2v) is 4.96. The zero-order valence-corrected chi connectivity index (χ0v) is 11.7. The van der Waals surface area contributed by atoms with Gasteiger partial charge in [-0.05, 0) is 37.0 Å². The van der Waals surface area contributed by atoms with Gasteiger partial charge in [0.05, 0.1) is 13.0 Å². The van der Waals surface area contributed by atoms with Crippen molar-refractivity contribution in [1.29, 1.82) is 0 Å². The Bertz CT molecular complexity index is 397. The summed E-state index contributed by atoms with van der Waals surface area (Å²) < 4.78 is 10.7. The Balaban J connectivity index is 2.38. The van der Waals surface area contributed by atoms with Gasteiger partial charge in [0.1, 0.15) is 5.75 Å². The summed E-state index contributed by atoms with van der Waals surface area (Å²) in [6.45, 7) is 9.15. The van der Waals surface area contributed by atoms with Crippen LogP contribution in [0.5, 0.6) is 5.75 Å². The summed E-state index contributed by atoms with van der Waals surface area (Å²) in [4.78, 5) is 11.6. The van der Waals surface area contributed by atoms with E-state index in [1.165, 1.54) is 0 Å². The van der Waals surface area contributed by atoms with E-state index in [-0.39, 0.29) is 5.97 Å². The van der Waals surface area contributed by atoms with Crippen LogP contribution in [0.3, 0.4) is 0 Å². The molecule has 3 nitrogen and oxygen atoms in total. The first-order chi connectivity index (χ1) is 8.49. The number of carbonyl (C=O) groups is 1. The highest BCUT2D eigenvalue weighted by Crippen LogP contribution is 2.19. The van der Waals surface area contributed by atoms with Crippen molar-refractivity contribution in [2.75, 3.05) is 13.2 Å². The van der Waals surface area contributed by atoms with Crippen molar-refractivity contribution < 1.29 is 14.3 Å². The SMILES string of the molecule is Cc1ccc(C)c(OC(=O)CCOCC(C)C)c1. The summed E-state index contributed by atoms with van der Waals surface area (Å²) in [5.41, 5.74) is 2.05. The monoisotopic (exact) mass is 250 g/mol. The number of esters is 1. The van der Waals surface area contributed by atoms with Gasteiger partial charge in [-0.1, -0.05) is 26.0 Å². The summed E-state index contributed by atoms with van der Waals surface area (Å²) in [6, 6.07) is 5.83. The largest absolute Gasteiger partial charge is 0.426 e. The third-order valence-electron chi connectivity index (χ3n) is 2.47. The molecule has 0 aliphatic heterocycles. The molecule has 0 aliphatic carbocycles. The Kier molecular flexibility index (Phi) is 5.86. The van der Waals surface area contributed by atoms with Gasteiger partial charge in [-0.15, -0.1) is 0 Å². The third kappa shape index (κ3) is 5.32. The van der Waals surface area contributed by atoms with Crippen LogP contribution in [0.15, 0.2) is 18.2 Å². The van der Waals surface area contributed by atoms with E-state index in [1.54, 1.807) is 0 Å². The van der Waals surface area contributed by atoms with Crippen molar-refractivity contribution in [3.05, 3.63) is 29.3 Å². The number of benzene rings is 1. The Hall–Kier alpha value is -1.35. The summed E-state index contributed by atoms with van der Waals surface area (Å²) in [6.07, 6.45) is 0.292. The Morgan fingerprint density at radius 2 is 2.00 bits per heavy atom. The lowest BCUT2D eigenvalue weighted by atomic mass is 10.1. The van der Waals surface area contributed by atoms with Gasteiger partial charge in [0, 0.05) is 6.61 Å². The molecular formula is C15H22O3. The zero-order valence-electron chi connectivity index (χ0n) is 11.7. The molecule has 100 valence electrons. The molecule has 1 rings (SSSR count). The second-order valence-electron chi connectivity index (χ2n) is 4.96. The van der Waals surface area contributed by atoms with Crippen molar-refractivity contribution in [2.45, 2.75) is 34.1 Å². The Morgan fingerprint density at radius 3 is 2.67 bits per heavy atom. The average Bonchev–Trinajstić information content (AvgIpc) is 2.29. The summed E-state index contributed by atoms with van der Waals surface area (Å²) in [5, 5.41) is 0. The minimum atomic E-state index is -0.243. The first kappa shape index (κ1) is 14.7. The number of hydrogen-bond donors (Lipinski definition) is 0. The molecule has 0 saturated carbocycles. The van der Waals surface area contributed by atoms with Gasteiger partial charge < -0.3 is 9.47 Å². The topological polar surface area (TPSA) is 35.5 Å². The minimum absolute atomic E-state index is 0.243. The zero-order chi connectivity index (χ0) is 13.5. The molecule has 3 heteroatoms.